The summed E-state index contributed by atoms with van der Waals surface area (Å²) in [7, 11) is 0. The minimum atomic E-state index is 0.249. The fourth-order valence-electron chi connectivity index (χ4n) is 1.72. The predicted octanol–water partition coefficient (Wildman–Crippen LogP) is 2.77. The van der Waals surface area contributed by atoms with E-state index in [0.717, 1.165) is 0 Å². The summed E-state index contributed by atoms with van der Waals surface area (Å²) in [6.45, 7) is 0. The van der Waals surface area contributed by atoms with Crippen molar-refractivity contribution in [3.8, 4) is 22.8 Å². The summed E-state index contributed by atoms with van der Waals surface area (Å²) in [6.07, 6.45) is 1.57. The number of nitrogens with two attached hydrogens (primary N) is 2. The zero-order chi connectivity index (χ0) is 15.0. The van der Waals surface area contributed by atoms with Crippen LogP contribution in [0.4, 0.5) is 11.6 Å². The van der Waals surface area contributed by atoms with E-state index >= 15 is 0 Å². The van der Waals surface area contributed by atoms with E-state index in [1.54, 1.807) is 24.4 Å². The van der Waals surface area contributed by atoms with Crippen LogP contribution < -0.4 is 11.5 Å². The molecule has 3 heterocycles. The van der Waals surface area contributed by atoms with Crippen LogP contribution in [-0.4, -0.2) is 20.1 Å². The zero-order valence-corrected chi connectivity index (χ0v) is 12.8. The van der Waals surface area contributed by atoms with Crippen molar-refractivity contribution in [1.29, 1.82) is 0 Å². The van der Waals surface area contributed by atoms with Gasteiger partial charge in [0.25, 0.3) is 5.89 Å². The molecule has 3 aromatic heterocycles. The maximum atomic E-state index is 5.86. The average molecular weight is 368 g/mol. The summed E-state index contributed by atoms with van der Waals surface area (Å²) in [5.41, 5.74) is 12.6. The number of nitrogens with zero attached hydrogens (tertiary/aromatic N) is 4. The van der Waals surface area contributed by atoms with Crippen molar-refractivity contribution < 1.29 is 4.52 Å². The highest BCUT2D eigenvalue weighted by molar-refractivity contribution is 9.10. The van der Waals surface area contributed by atoms with Crippen LogP contribution in [0.5, 0.6) is 0 Å². The monoisotopic (exact) mass is 366 g/mol. The van der Waals surface area contributed by atoms with Gasteiger partial charge in [-0.2, -0.15) is 4.98 Å². The van der Waals surface area contributed by atoms with Gasteiger partial charge in [0.05, 0.1) is 0 Å². The summed E-state index contributed by atoms with van der Waals surface area (Å²) >= 11 is 9.22. The molecule has 3 rings (SSSR count). The molecule has 3 aromatic rings. The second-order valence-corrected chi connectivity index (χ2v) is 5.36. The highest BCUT2D eigenvalue weighted by Gasteiger charge is 2.15. The minimum absolute atomic E-state index is 0.249. The first kappa shape index (κ1) is 13.8. The van der Waals surface area contributed by atoms with Gasteiger partial charge in [-0.25, -0.2) is 9.97 Å². The van der Waals surface area contributed by atoms with Crippen molar-refractivity contribution in [2.75, 3.05) is 11.5 Å². The standard InChI is InChI=1S/C12H8BrClN6O/c13-7-4-17-9(15)3-6(7)11-19-12(21-20-11)5-1-8(14)18-10(16)2-5/h1-4H,(H2,15,17)(H2,16,18). The van der Waals surface area contributed by atoms with Gasteiger partial charge in [-0.1, -0.05) is 16.8 Å². The number of halogens is 2. The Hall–Kier alpha value is -2.19. The number of hydrogen-bond donors (Lipinski definition) is 2. The van der Waals surface area contributed by atoms with Crippen molar-refractivity contribution in [2.24, 2.45) is 0 Å². The van der Waals surface area contributed by atoms with Gasteiger partial charge in [-0.05, 0) is 34.1 Å². The Morgan fingerprint density at radius 1 is 1.10 bits per heavy atom. The summed E-state index contributed by atoms with van der Waals surface area (Å²) in [4.78, 5) is 12.1. The molecule has 0 amide bonds. The molecular weight excluding hydrogens is 360 g/mol. The topological polar surface area (TPSA) is 117 Å². The van der Waals surface area contributed by atoms with Crippen LogP contribution in [0, 0.1) is 0 Å². The Bertz CT molecular complexity index is 801. The first-order valence-electron chi connectivity index (χ1n) is 5.71. The maximum absolute atomic E-state index is 5.86. The number of anilines is 2. The third-order valence-electron chi connectivity index (χ3n) is 2.60. The maximum Gasteiger partial charge on any atom is 0.258 e. The van der Waals surface area contributed by atoms with E-state index in [0.29, 0.717) is 27.2 Å². The Morgan fingerprint density at radius 2 is 1.90 bits per heavy atom. The molecular formula is C12H8BrClN6O. The van der Waals surface area contributed by atoms with Crippen molar-refractivity contribution in [3.63, 3.8) is 0 Å². The average Bonchev–Trinajstić information content (AvgIpc) is 2.90. The van der Waals surface area contributed by atoms with Crippen molar-refractivity contribution in [2.45, 2.75) is 0 Å². The molecule has 7 nitrogen and oxygen atoms in total. The molecule has 4 N–H and O–H groups in total. The van der Waals surface area contributed by atoms with Crippen LogP contribution in [-0.2, 0) is 0 Å². The van der Waals surface area contributed by atoms with Crippen LogP contribution in [0.25, 0.3) is 22.8 Å². The molecule has 0 atom stereocenters. The number of pyridine rings is 2. The normalized spacial score (nSPS) is 10.8. The summed E-state index contributed by atoms with van der Waals surface area (Å²) in [5.74, 6) is 1.28. The molecule has 21 heavy (non-hydrogen) atoms. The van der Waals surface area contributed by atoms with Gasteiger partial charge in [0, 0.05) is 21.8 Å². The lowest BCUT2D eigenvalue weighted by Crippen LogP contribution is -1.92. The third kappa shape index (κ3) is 2.81. The molecule has 0 saturated heterocycles. The minimum Gasteiger partial charge on any atom is -0.384 e. The third-order valence-corrected chi connectivity index (χ3v) is 3.43. The molecule has 0 spiro atoms. The fraction of sp³-hybridized carbons (Fsp3) is 0. The van der Waals surface area contributed by atoms with E-state index < -0.39 is 0 Å². The van der Waals surface area contributed by atoms with Gasteiger partial charge in [0.15, 0.2) is 0 Å². The highest BCUT2D eigenvalue weighted by Crippen LogP contribution is 2.29. The number of rotatable bonds is 2. The zero-order valence-electron chi connectivity index (χ0n) is 10.4. The van der Waals surface area contributed by atoms with E-state index in [1.165, 1.54) is 0 Å². The van der Waals surface area contributed by atoms with Crippen molar-refractivity contribution in [3.05, 3.63) is 34.0 Å². The number of aromatic nitrogens is 4. The first-order valence-corrected chi connectivity index (χ1v) is 6.88. The van der Waals surface area contributed by atoms with Gasteiger partial charge in [-0.15, -0.1) is 0 Å². The molecule has 106 valence electrons. The Labute approximate surface area is 132 Å². The van der Waals surface area contributed by atoms with Crippen molar-refractivity contribution in [1.82, 2.24) is 20.1 Å². The molecule has 0 fully saturated rings. The van der Waals surface area contributed by atoms with Crippen LogP contribution in [0.1, 0.15) is 0 Å². The van der Waals surface area contributed by atoms with Gasteiger partial charge in [0.1, 0.15) is 16.8 Å². The van der Waals surface area contributed by atoms with E-state index in [2.05, 4.69) is 36.0 Å². The van der Waals surface area contributed by atoms with Crippen molar-refractivity contribution >= 4 is 39.2 Å². The molecule has 0 aliphatic rings. The first-order chi connectivity index (χ1) is 10.0. The summed E-state index contributed by atoms with van der Waals surface area (Å²) in [5, 5.41) is 4.17. The molecule has 0 aromatic carbocycles. The predicted molar refractivity (Wildman–Crippen MR) is 82.3 cm³/mol. The van der Waals surface area contributed by atoms with E-state index in [1.807, 2.05) is 0 Å². The Kier molecular flexibility index (Phi) is 3.48. The van der Waals surface area contributed by atoms with Gasteiger partial charge in [0.2, 0.25) is 5.82 Å². The lowest BCUT2D eigenvalue weighted by molar-refractivity contribution is 0.432. The largest absolute Gasteiger partial charge is 0.384 e. The lowest BCUT2D eigenvalue weighted by atomic mass is 10.2. The highest BCUT2D eigenvalue weighted by atomic mass is 79.9. The second kappa shape index (κ2) is 5.30. The van der Waals surface area contributed by atoms with Crippen LogP contribution in [0.15, 0.2) is 33.4 Å². The molecule has 0 unspecified atom stereocenters. The molecule has 0 aliphatic heterocycles. The van der Waals surface area contributed by atoms with Crippen LogP contribution in [0.3, 0.4) is 0 Å². The summed E-state index contributed by atoms with van der Waals surface area (Å²) < 4.78 is 5.93. The summed E-state index contributed by atoms with van der Waals surface area (Å²) in [6, 6.07) is 4.83. The molecule has 0 aliphatic carbocycles. The molecule has 0 bridgehead atoms. The van der Waals surface area contributed by atoms with Gasteiger partial charge < -0.3 is 16.0 Å². The number of hydrogen-bond acceptors (Lipinski definition) is 7. The Balaban J connectivity index is 2.05. The molecule has 0 saturated carbocycles. The Morgan fingerprint density at radius 3 is 2.67 bits per heavy atom. The smallest absolute Gasteiger partial charge is 0.258 e. The van der Waals surface area contributed by atoms with E-state index in [9.17, 15) is 0 Å². The number of nitrogen functional groups attached to an aromatic ring is 2. The van der Waals surface area contributed by atoms with Gasteiger partial charge >= 0.3 is 0 Å². The molecule has 0 radical (unpaired) electrons. The fourth-order valence-corrected chi connectivity index (χ4v) is 2.33. The second-order valence-electron chi connectivity index (χ2n) is 4.12. The quantitative estimate of drug-likeness (QED) is 0.669. The lowest BCUT2D eigenvalue weighted by Gasteiger charge is -1.99. The SMILES string of the molecule is Nc1cc(-c2noc(-c3cc(N)nc(Cl)c3)n2)c(Br)cn1. The van der Waals surface area contributed by atoms with Crippen LogP contribution in [0.2, 0.25) is 5.15 Å². The van der Waals surface area contributed by atoms with E-state index in [-0.39, 0.29) is 16.9 Å². The van der Waals surface area contributed by atoms with Gasteiger partial charge in [-0.3, -0.25) is 0 Å². The van der Waals surface area contributed by atoms with Crippen LogP contribution >= 0.6 is 27.5 Å². The molecule has 9 heteroatoms. The van der Waals surface area contributed by atoms with E-state index in [4.69, 9.17) is 27.6 Å².